The summed E-state index contributed by atoms with van der Waals surface area (Å²) in [6, 6.07) is 4.49. The van der Waals surface area contributed by atoms with E-state index >= 15 is 0 Å². The molecule has 0 saturated heterocycles. The molecule has 1 aromatic rings. The summed E-state index contributed by atoms with van der Waals surface area (Å²) < 4.78 is 5.28. The van der Waals surface area contributed by atoms with Crippen LogP contribution in [-0.2, 0) is 4.79 Å². The molecule has 0 aliphatic heterocycles. The Labute approximate surface area is 112 Å². The molecular formula is C13H19N3O3. The van der Waals surface area contributed by atoms with Crippen molar-refractivity contribution < 1.29 is 14.3 Å². The molecule has 0 saturated carbocycles. The summed E-state index contributed by atoms with van der Waals surface area (Å²) in [6.45, 7) is 4.37. The van der Waals surface area contributed by atoms with Gasteiger partial charge in [0.1, 0.15) is 5.75 Å². The molecule has 0 heterocycles. The highest BCUT2D eigenvalue weighted by molar-refractivity contribution is 5.96. The number of ether oxygens (including phenoxy) is 1. The van der Waals surface area contributed by atoms with Gasteiger partial charge in [-0.3, -0.25) is 9.59 Å². The smallest absolute Gasteiger partial charge is 0.257 e. The zero-order chi connectivity index (χ0) is 14.4. The van der Waals surface area contributed by atoms with E-state index in [1.54, 1.807) is 6.07 Å². The second-order valence-electron chi connectivity index (χ2n) is 4.61. The minimum Gasteiger partial charge on any atom is -0.483 e. The molecule has 5 N–H and O–H groups in total. The SMILES string of the molecule is CC(C)CNC(=O)COc1cc(N)ccc1C(N)=O. The van der Waals surface area contributed by atoms with Crippen LogP contribution in [0, 0.1) is 5.92 Å². The third kappa shape index (κ3) is 4.87. The highest BCUT2D eigenvalue weighted by atomic mass is 16.5. The first-order chi connectivity index (χ1) is 8.90. The highest BCUT2D eigenvalue weighted by Gasteiger charge is 2.11. The molecule has 0 aliphatic carbocycles. The van der Waals surface area contributed by atoms with Crippen LogP contribution in [0.5, 0.6) is 5.75 Å². The Morgan fingerprint density at radius 2 is 2.05 bits per heavy atom. The third-order valence-electron chi connectivity index (χ3n) is 2.34. The largest absolute Gasteiger partial charge is 0.483 e. The Morgan fingerprint density at radius 1 is 1.37 bits per heavy atom. The van der Waals surface area contributed by atoms with E-state index < -0.39 is 5.91 Å². The molecule has 6 nitrogen and oxygen atoms in total. The maximum Gasteiger partial charge on any atom is 0.257 e. The van der Waals surface area contributed by atoms with Crippen LogP contribution in [0.4, 0.5) is 5.69 Å². The van der Waals surface area contributed by atoms with Gasteiger partial charge in [-0.2, -0.15) is 0 Å². The lowest BCUT2D eigenvalue weighted by molar-refractivity contribution is -0.123. The molecule has 19 heavy (non-hydrogen) atoms. The molecule has 0 fully saturated rings. The molecule has 0 unspecified atom stereocenters. The molecule has 0 aliphatic rings. The number of nitrogens with one attached hydrogen (secondary N) is 1. The number of carbonyl (C=O) groups excluding carboxylic acids is 2. The molecule has 0 spiro atoms. The van der Waals surface area contributed by atoms with Crippen LogP contribution in [0.1, 0.15) is 24.2 Å². The van der Waals surface area contributed by atoms with Crippen LogP contribution in [0.25, 0.3) is 0 Å². The molecule has 104 valence electrons. The van der Waals surface area contributed by atoms with Gasteiger partial charge in [-0.05, 0) is 18.1 Å². The first kappa shape index (κ1) is 14.8. The number of primary amides is 1. The van der Waals surface area contributed by atoms with Gasteiger partial charge in [0.2, 0.25) is 0 Å². The number of anilines is 1. The van der Waals surface area contributed by atoms with Crippen molar-refractivity contribution in [2.45, 2.75) is 13.8 Å². The van der Waals surface area contributed by atoms with Crippen LogP contribution in [0.2, 0.25) is 0 Å². The monoisotopic (exact) mass is 265 g/mol. The molecule has 0 bridgehead atoms. The van der Waals surface area contributed by atoms with E-state index in [0.717, 1.165) is 0 Å². The van der Waals surface area contributed by atoms with Crippen molar-refractivity contribution in [3.05, 3.63) is 23.8 Å². The fourth-order valence-corrected chi connectivity index (χ4v) is 1.37. The van der Waals surface area contributed by atoms with Gasteiger partial charge in [-0.25, -0.2) is 0 Å². The standard InChI is InChI=1S/C13H19N3O3/c1-8(2)6-16-12(17)7-19-11-5-9(14)3-4-10(11)13(15)18/h3-5,8H,6-7,14H2,1-2H3,(H2,15,18)(H,16,17). The van der Waals surface area contributed by atoms with Crippen LogP contribution in [-0.4, -0.2) is 25.0 Å². The maximum absolute atomic E-state index is 11.5. The number of rotatable bonds is 6. The van der Waals surface area contributed by atoms with Gasteiger partial charge < -0.3 is 21.5 Å². The van der Waals surface area contributed by atoms with E-state index in [9.17, 15) is 9.59 Å². The molecule has 6 heteroatoms. The number of hydrogen-bond donors (Lipinski definition) is 3. The van der Waals surface area contributed by atoms with Gasteiger partial charge in [0.15, 0.2) is 6.61 Å². The summed E-state index contributed by atoms with van der Waals surface area (Å²) in [4.78, 5) is 22.7. The predicted molar refractivity (Wildman–Crippen MR) is 72.7 cm³/mol. The number of amides is 2. The van der Waals surface area contributed by atoms with Crippen molar-refractivity contribution >= 4 is 17.5 Å². The Balaban J connectivity index is 2.64. The third-order valence-corrected chi connectivity index (χ3v) is 2.34. The quantitative estimate of drug-likeness (QED) is 0.651. The van der Waals surface area contributed by atoms with Crippen molar-refractivity contribution in [3.8, 4) is 5.75 Å². The van der Waals surface area contributed by atoms with Crippen molar-refractivity contribution in [1.29, 1.82) is 0 Å². The fourth-order valence-electron chi connectivity index (χ4n) is 1.37. The van der Waals surface area contributed by atoms with E-state index in [0.29, 0.717) is 18.2 Å². The second kappa shape index (κ2) is 6.63. The average Bonchev–Trinajstić information content (AvgIpc) is 2.33. The van der Waals surface area contributed by atoms with Crippen LogP contribution in [0.15, 0.2) is 18.2 Å². The van der Waals surface area contributed by atoms with Crippen LogP contribution in [0.3, 0.4) is 0 Å². The Bertz CT molecular complexity index is 472. The fraction of sp³-hybridized carbons (Fsp3) is 0.385. The second-order valence-corrected chi connectivity index (χ2v) is 4.61. The molecule has 0 radical (unpaired) electrons. The van der Waals surface area contributed by atoms with E-state index in [4.69, 9.17) is 16.2 Å². The summed E-state index contributed by atoms with van der Waals surface area (Å²) in [7, 11) is 0. The summed E-state index contributed by atoms with van der Waals surface area (Å²) in [5.74, 6) is -0.311. The van der Waals surface area contributed by atoms with E-state index in [1.165, 1.54) is 12.1 Å². The van der Waals surface area contributed by atoms with Gasteiger partial charge >= 0.3 is 0 Å². The molecule has 0 aromatic heterocycles. The van der Waals surface area contributed by atoms with E-state index in [2.05, 4.69) is 5.32 Å². The van der Waals surface area contributed by atoms with Gasteiger partial charge in [-0.1, -0.05) is 13.8 Å². The lowest BCUT2D eigenvalue weighted by Gasteiger charge is -2.11. The lowest BCUT2D eigenvalue weighted by atomic mass is 10.1. The Kier molecular flexibility index (Phi) is 5.17. The summed E-state index contributed by atoms with van der Waals surface area (Å²) >= 11 is 0. The Hall–Kier alpha value is -2.24. The van der Waals surface area contributed by atoms with Gasteiger partial charge in [-0.15, -0.1) is 0 Å². The van der Waals surface area contributed by atoms with Crippen LogP contribution < -0.4 is 21.5 Å². The van der Waals surface area contributed by atoms with Crippen molar-refractivity contribution in [2.24, 2.45) is 11.7 Å². The zero-order valence-electron chi connectivity index (χ0n) is 11.1. The molecule has 2 amide bonds. The minimum atomic E-state index is -0.627. The first-order valence-electron chi connectivity index (χ1n) is 5.99. The average molecular weight is 265 g/mol. The molecule has 1 rings (SSSR count). The van der Waals surface area contributed by atoms with Crippen molar-refractivity contribution in [2.75, 3.05) is 18.9 Å². The zero-order valence-corrected chi connectivity index (χ0v) is 11.1. The topological polar surface area (TPSA) is 107 Å². The molecule has 0 atom stereocenters. The number of carbonyl (C=O) groups is 2. The predicted octanol–water partition coefficient (Wildman–Crippen LogP) is 0.519. The minimum absolute atomic E-state index is 0.184. The Morgan fingerprint density at radius 3 is 2.63 bits per heavy atom. The van der Waals surface area contributed by atoms with Gasteiger partial charge in [0.05, 0.1) is 5.56 Å². The molecular weight excluding hydrogens is 246 g/mol. The summed E-state index contributed by atoms with van der Waals surface area (Å²) in [5, 5.41) is 2.70. The van der Waals surface area contributed by atoms with Crippen molar-refractivity contribution in [3.63, 3.8) is 0 Å². The summed E-state index contributed by atoms with van der Waals surface area (Å²) in [6.07, 6.45) is 0. The first-order valence-corrected chi connectivity index (χ1v) is 5.99. The number of nitrogen functional groups attached to an aromatic ring is 1. The lowest BCUT2D eigenvalue weighted by Crippen LogP contribution is -2.32. The number of nitrogens with two attached hydrogens (primary N) is 2. The highest BCUT2D eigenvalue weighted by Crippen LogP contribution is 2.21. The van der Waals surface area contributed by atoms with Gasteiger partial charge in [0.25, 0.3) is 11.8 Å². The normalized spacial score (nSPS) is 10.3. The van der Waals surface area contributed by atoms with Crippen molar-refractivity contribution in [1.82, 2.24) is 5.32 Å². The maximum atomic E-state index is 11.5. The van der Waals surface area contributed by atoms with Gasteiger partial charge in [0, 0.05) is 18.3 Å². The number of benzene rings is 1. The van der Waals surface area contributed by atoms with Crippen LogP contribution >= 0.6 is 0 Å². The summed E-state index contributed by atoms with van der Waals surface area (Å²) in [5.41, 5.74) is 11.4. The van der Waals surface area contributed by atoms with E-state index in [1.807, 2.05) is 13.8 Å². The van der Waals surface area contributed by atoms with E-state index in [-0.39, 0.29) is 23.8 Å². The molecule has 1 aromatic carbocycles. The number of hydrogen-bond acceptors (Lipinski definition) is 4.